The lowest BCUT2D eigenvalue weighted by Gasteiger charge is -2.56. The summed E-state index contributed by atoms with van der Waals surface area (Å²) in [6.07, 6.45) is 4.31. The molecule has 3 saturated carbocycles. The van der Waals surface area contributed by atoms with Crippen LogP contribution in [0.1, 0.15) is 100 Å². The van der Waals surface area contributed by atoms with Crippen LogP contribution >= 0.6 is 15.9 Å². The summed E-state index contributed by atoms with van der Waals surface area (Å²) in [5.74, 6) is 0.822. The second-order valence-corrected chi connectivity index (χ2v) is 15.7. The fourth-order valence-corrected chi connectivity index (χ4v) is 11.6. The lowest BCUT2D eigenvalue weighted by atomic mass is 9.48. The number of aliphatic hydroxyl groups is 1. The number of halogens is 1. The van der Waals surface area contributed by atoms with Crippen LogP contribution in [0.2, 0.25) is 0 Å². The molecule has 41 heavy (non-hydrogen) atoms. The molecule has 1 saturated heterocycles. The molecule has 1 N–H and O–H groups in total. The lowest BCUT2D eigenvalue weighted by molar-refractivity contribution is -0.188. The predicted octanol–water partition coefficient (Wildman–Crippen LogP) is 6.32. The molecule has 0 aromatic carbocycles. The predicted molar refractivity (Wildman–Crippen MR) is 160 cm³/mol. The normalized spacial score (nSPS) is 41.5. The van der Waals surface area contributed by atoms with Gasteiger partial charge in [0.05, 0.1) is 18.6 Å². The van der Waals surface area contributed by atoms with Crippen molar-refractivity contribution >= 4 is 33.8 Å². The summed E-state index contributed by atoms with van der Waals surface area (Å²) in [6.45, 7) is 16.6. The third-order valence-electron chi connectivity index (χ3n) is 12.3. The van der Waals surface area contributed by atoms with Gasteiger partial charge in [0, 0.05) is 25.1 Å². The number of rotatable bonds is 8. The van der Waals surface area contributed by atoms with Crippen molar-refractivity contribution in [3.8, 4) is 0 Å². The van der Waals surface area contributed by atoms with Gasteiger partial charge in [-0.15, -0.1) is 0 Å². The molecule has 0 bridgehead atoms. The highest BCUT2D eigenvalue weighted by atomic mass is 79.9. The summed E-state index contributed by atoms with van der Waals surface area (Å²) in [5, 5.41) is 11.6. The van der Waals surface area contributed by atoms with Crippen molar-refractivity contribution in [2.24, 2.45) is 58.2 Å². The Morgan fingerprint density at radius 2 is 1.63 bits per heavy atom. The van der Waals surface area contributed by atoms with Gasteiger partial charge >= 0.3 is 17.9 Å². The third kappa shape index (κ3) is 5.99. The molecule has 0 radical (unpaired) electrons. The fourth-order valence-electron chi connectivity index (χ4n) is 10.2. The van der Waals surface area contributed by atoms with Crippen molar-refractivity contribution < 1.29 is 33.7 Å². The van der Waals surface area contributed by atoms with Gasteiger partial charge in [-0.25, -0.2) is 0 Å². The Morgan fingerprint density at radius 1 is 1.02 bits per heavy atom. The molecule has 3 aliphatic carbocycles. The fraction of sp³-hybridized carbons (Fsp3) is 0.909. The van der Waals surface area contributed by atoms with Crippen LogP contribution in [0.3, 0.4) is 0 Å². The minimum Gasteiger partial charge on any atom is -0.465 e. The molecule has 4 aliphatic rings. The Labute approximate surface area is 255 Å². The molecule has 0 aromatic rings. The molecular weight excluding hydrogens is 588 g/mol. The van der Waals surface area contributed by atoms with E-state index >= 15 is 0 Å². The van der Waals surface area contributed by atoms with Gasteiger partial charge in [0.1, 0.15) is 12.2 Å². The molecule has 1 heterocycles. The van der Waals surface area contributed by atoms with Crippen LogP contribution in [-0.2, 0) is 28.6 Å². The zero-order chi connectivity index (χ0) is 30.4. The average molecular weight is 642 g/mol. The van der Waals surface area contributed by atoms with E-state index in [1.807, 2.05) is 0 Å². The van der Waals surface area contributed by atoms with Gasteiger partial charge in [0.15, 0.2) is 0 Å². The summed E-state index contributed by atoms with van der Waals surface area (Å²) < 4.78 is 17.3. The third-order valence-corrected chi connectivity index (χ3v) is 13.5. The number of carbonyl (C=O) groups is 3. The number of esters is 3. The van der Waals surface area contributed by atoms with E-state index in [9.17, 15) is 19.5 Å². The van der Waals surface area contributed by atoms with Crippen LogP contribution in [-0.4, -0.2) is 52.8 Å². The van der Waals surface area contributed by atoms with E-state index in [0.717, 1.165) is 32.1 Å². The zero-order valence-electron chi connectivity index (χ0n) is 26.4. The Bertz CT molecular complexity index is 985. The summed E-state index contributed by atoms with van der Waals surface area (Å²) >= 11 is 3.91. The maximum atomic E-state index is 13.5. The number of carbonyl (C=O) groups excluding carboxylic acids is 3. The van der Waals surface area contributed by atoms with Gasteiger partial charge in [-0.05, 0) is 84.4 Å². The van der Waals surface area contributed by atoms with Gasteiger partial charge in [-0.2, -0.15) is 0 Å². The molecule has 1 aliphatic heterocycles. The largest absolute Gasteiger partial charge is 0.465 e. The highest BCUT2D eigenvalue weighted by Crippen LogP contribution is 2.66. The molecular formula is C33H53BrO7. The first kappa shape index (κ1) is 32.8. The van der Waals surface area contributed by atoms with Crippen LogP contribution in [0.25, 0.3) is 0 Å². The monoisotopic (exact) mass is 640 g/mol. The molecule has 0 amide bonds. The Kier molecular flexibility index (Phi) is 9.95. The van der Waals surface area contributed by atoms with Gasteiger partial charge in [-0.1, -0.05) is 63.9 Å². The van der Waals surface area contributed by atoms with Gasteiger partial charge in [0.2, 0.25) is 0 Å². The first-order valence-electron chi connectivity index (χ1n) is 16.0. The summed E-state index contributed by atoms with van der Waals surface area (Å²) in [4.78, 5) is 37.5. The molecule has 13 atom stereocenters. The molecule has 4 rings (SSSR count). The van der Waals surface area contributed by atoms with Crippen LogP contribution in [0.5, 0.6) is 0 Å². The Morgan fingerprint density at radius 3 is 2.22 bits per heavy atom. The van der Waals surface area contributed by atoms with E-state index in [1.54, 1.807) is 0 Å². The van der Waals surface area contributed by atoms with Crippen molar-refractivity contribution in [2.45, 2.75) is 123 Å². The van der Waals surface area contributed by atoms with Gasteiger partial charge in [0.25, 0.3) is 0 Å². The number of cyclic esters (lactones) is 1. The highest BCUT2D eigenvalue weighted by molar-refractivity contribution is 9.09. The van der Waals surface area contributed by atoms with Crippen molar-refractivity contribution in [3.05, 3.63) is 0 Å². The lowest BCUT2D eigenvalue weighted by Crippen LogP contribution is -2.56. The van der Waals surface area contributed by atoms with E-state index < -0.39 is 41.6 Å². The molecule has 234 valence electrons. The minimum absolute atomic E-state index is 0.0562. The summed E-state index contributed by atoms with van der Waals surface area (Å²) in [7, 11) is 0. The molecule has 8 heteroatoms. The van der Waals surface area contributed by atoms with E-state index in [0.29, 0.717) is 43.1 Å². The smallest absolute Gasteiger partial charge is 0.309 e. The standard InChI is InChI=1S/C33H53BrO7/c1-9-21(17(2)3)29(34)30(37)18(4)23-10-11-24-22-16-39-31(38)26-14-27(40-19(5)35)28(41-20(6)36)15-33(26,8)25(22)12-13-32(23,24)7/h17-18,21-30,37H,9-16H2,1-8H3/t18-,21-,22?,23+,24?,25?,26?,27-,28+,29?,30?,32+,33+/m0/s1. The minimum atomic E-state index is -0.652. The number of alkyl halides is 1. The molecule has 6 unspecified atom stereocenters. The van der Waals surface area contributed by atoms with Crippen molar-refractivity contribution in [3.63, 3.8) is 0 Å². The maximum Gasteiger partial charge on any atom is 0.309 e. The van der Waals surface area contributed by atoms with Crippen LogP contribution < -0.4 is 0 Å². The topological polar surface area (TPSA) is 99.1 Å². The van der Waals surface area contributed by atoms with Gasteiger partial charge < -0.3 is 19.3 Å². The van der Waals surface area contributed by atoms with E-state index in [-0.39, 0.29) is 34.0 Å². The second kappa shape index (κ2) is 12.5. The number of hydrogen-bond donors (Lipinski definition) is 1. The van der Waals surface area contributed by atoms with E-state index in [1.165, 1.54) is 13.8 Å². The molecule has 0 spiro atoms. The number of ether oxygens (including phenoxy) is 3. The Hall–Kier alpha value is -1.15. The van der Waals surface area contributed by atoms with Crippen LogP contribution in [0, 0.1) is 58.2 Å². The highest BCUT2D eigenvalue weighted by Gasteiger charge is 2.64. The number of hydrogen-bond acceptors (Lipinski definition) is 7. The van der Waals surface area contributed by atoms with Crippen LogP contribution in [0.4, 0.5) is 0 Å². The molecule has 0 aromatic heterocycles. The SMILES string of the molecule is CC[C@@H](C(C)C)C(Br)C(O)[C@@H](C)[C@H]1CCC2C3COC(=O)C4C[C@H](OC(C)=O)[C@H](OC(C)=O)C[C@]4(C)C3CC[C@@]21C. The second-order valence-electron chi connectivity index (χ2n) is 14.6. The Balaban J connectivity index is 1.60. The molecule has 4 fully saturated rings. The van der Waals surface area contributed by atoms with Crippen molar-refractivity contribution in [1.29, 1.82) is 0 Å². The first-order valence-corrected chi connectivity index (χ1v) is 16.9. The summed E-state index contributed by atoms with van der Waals surface area (Å²) in [5.41, 5.74) is -0.368. The summed E-state index contributed by atoms with van der Waals surface area (Å²) in [6, 6.07) is 0. The first-order chi connectivity index (χ1) is 19.1. The zero-order valence-corrected chi connectivity index (χ0v) is 27.9. The van der Waals surface area contributed by atoms with E-state index in [2.05, 4.69) is 57.5 Å². The average Bonchev–Trinajstić information content (AvgIpc) is 3.19. The van der Waals surface area contributed by atoms with Crippen molar-refractivity contribution in [2.75, 3.05) is 6.61 Å². The van der Waals surface area contributed by atoms with Crippen LogP contribution in [0.15, 0.2) is 0 Å². The van der Waals surface area contributed by atoms with E-state index in [4.69, 9.17) is 14.2 Å². The molecule has 7 nitrogen and oxygen atoms in total. The quantitative estimate of drug-likeness (QED) is 0.188. The number of fused-ring (bicyclic) bond motifs is 5. The number of aliphatic hydroxyl groups excluding tert-OH is 1. The maximum absolute atomic E-state index is 13.5. The van der Waals surface area contributed by atoms with Crippen molar-refractivity contribution in [1.82, 2.24) is 0 Å². The van der Waals surface area contributed by atoms with Gasteiger partial charge in [-0.3, -0.25) is 14.4 Å².